The molecule has 0 saturated carbocycles. The number of hydrogen-bond acceptors (Lipinski definition) is 6. The number of ether oxygens (including phenoxy) is 4. The van der Waals surface area contributed by atoms with Crippen molar-refractivity contribution in [2.75, 3.05) is 13.7 Å². The number of carbonyl (C=O) groups is 2. The zero-order chi connectivity index (χ0) is 14.5. The molecule has 6 nitrogen and oxygen atoms in total. The second kappa shape index (κ2) is 6.10. The molecule has 0 bridgehead atoms. The Bertz CT molecular complexity index is 520. The van der Waals surface area contributed by atoms with Gasteiger partial charge in [-0.2, -0.15) is 0 Å². The lowest BCUT2D eigenvalue weighted by atomic mass is 10.2. The maximum atomic E-state index is 11.2. The predicted octanol–water partition coefficient (Wildman–Crippen LogP) is 1.75. The van der Waals surface area contributed by atoms with E-state index in [4.69, 9.17) is 18.9 Å². The standard InChI is InChI=1S/C14H14O6/c1-3-6-18-10-5-4-9(7-11(10)17-2)14-19-12(15)8-13(16)20-14/h3-5,7,14H,1,6,8H2,2H3. The highest BCUT2D eigenvalue weighted by molar-refractivity contribution is 5.92. The average molecular weight is 278 g/mol. The smallest absolute Gasteiger partial charge is 0.320 e. The first kappa shape index (κ1) is 13.9. The molecule has 1 fully saturated rings. The minimum absolute atomic E-state index is 0.336. The third-order valence-electron chi connectivity index (χ3n) is 2.58. The lowest BCUT2D eigenvalue weighted by molar-refractivity contribution is -0.204. The van der Waals surface area contributed by atoms with Crippen LogP contribution in [0, 0.1) is 0 Å². The van der Waals surface area contributed by atoms with Crippen LogP contribution in [0.25, 0.3) is 0 Å². The highest BCUT2D eigenvalue weighted by Gasteiger charge is 2.29. The predicted molar refractivity (Wildman–Crippen MR) is 68.2 cm³/mol. The second-order valence-corrected chi connectivity index (χ2v) is 4.00. The Hall–Kier alpha value is -2.50. The summed E-state index contributed by atoms with van der Waals surface area (Å²) < 4.78 is 20.5. The first-order valence-corrected chi connectivity index (χ1v) is 5.94. The minimum atomic E-state index is -1.05. The number of benzene rings is 1. The summed E-state index contributed by atoms with van der Waals surface area (Å²) in [5.74, 6) is -0.263. The molecule has 1 aliphatic heterocycles. The molecule has 1 saturated heterocycles. The molecule has 0 spiro atoms. The SMILES string of the molecule is C=CCOc1ccc(C2OC(=O)CC(=O)O2)cc1OC. The Kier molecular flexibility index (Phi) is 4.24. The van der Waals surface area contributed by atoms with E-state index in [2.05, 4.69) is 6.58 Å². The van der Waals surface area contributed by atoms with Gasteiger partial charge in [-0.25, -0.2) is 0 Å². The number of hydrogen-bond donors (Lipinski definition) is 0. The fraction of sp³-hybridized carbons (Fsp3) is 0.286. The fourth-order valence-electron chi connectivity index (χ4n) is 1.70. The van der Waals surface area contributed by atoms with Gasteiger partial charge in [-0.3, -0.25) is 9.59 Å². The zero-order valence-electron chi connectivity index (χ0n) is 11.0. The highest BCUT2D eigenvalue weighted by atomic mass is 16.7. The van der Waals surface area contributed by atoms with Gasteiger partial charge in [-0.15, -0.1) is 0 Å². The molecule has 6 heteroatoms. The molecule has 0 N–H and O–H groups in total. The highest BCUT2D eigenvalue weighted by Crippen LogP contribution is 2.33. The average Bonchev–Trinajstić information content (AvgIpc) is 2.43. The van der Waals surface area contributed by atoms with Crippen LogP contribution < -0.4 is 9.47 Å². The van der Waals surface area contributed by atoms with Crippen LogP contribution >= 0.6 is 0 Å². The zero-order valence-corrected chi connectivity index (χ0v) is 11.0. The molecule has 1 aromatic carbocycles. The van der Waals surface area contributed by atoms with Gasteiger partial charge in [-0.05, 0) is 18.2 Å². The van der Waals surface area contributed by atoms with Gasteiger partial charge in [-0.1, -0.05) is 12.7 Å². The Morgan fingerprint density at radius 1 is 1.30 bits per heavy atom. The van der Waals surface area contributed by atoms with Crippen molar-refractivity contribution in [3.8, 4) is 11.5 Å². The summed E-state index contributed by atoms with van der Waals surface area (Å²) in [6.07, 6.45) is 0.192. The third kappa shape index (κ3) is 3.09. The van der Waals surface area contributed by atoms with Crippen molar-refractivity contribution in [3.63, 3.8) is 0 Å². The summed E-state index contributed by atoms with van der Waals surface area (Å²) in [7, 11) is 1.48. The maximum absolute atomic E-state index is 11.2. The topological polar surface area (TPSA) is 71.1 Å². The molecule has 106 valence electrons. The van der Waals surface area contributed by atoms with Crippen LogP contribution in [0.3, 0.4) is 0 Å². The van der Waals surface area contributed by atoms with Crippen molar-refractivity contribution < 1.29 is 28.5 Å². The molecule has 0 radical (unpaired) electrons. The van der Waals surface area contributed by atoms with Crippen LogP contribution in [-0.2, 0) is 19.1 Å². The van der Waals surface area contributed by atoms with Gasteiger partial charge in [0.05, 0.1) is 7.11 Å². The maximum Gasteiger partial charge on any atom is 0.320 e. The number of carbonyl (C=O) groups excluding carboxylic acids is 2. The molecule has 0 amide bonds. The number of esters is 2. The number of methoxy groups -OCH3 is 1. The van der Waals surface area contributed by atoms with Gasteiger partial charge in [0.1, 0.15) is 13.0 Å². The lowest BCUT2D eigenvalue weighted by Crippen LogP contribution is -2.26. The molecule has 20 heavy (non-hydrogen) atoms. The summed E-state index contributed by atoms with van der Waals surface area (Å²) in [6.45, 7) is 3.89. The largest absolute Gasteiger partial charge is 0.493 e. The fourth-order valence-corrected chi connectivity index (χ4v) is 1.70. The van der Waals surface area contributed by atoms with Gasteiger partial charge in [0.2, 0.25) is 0 Å². The molecule has 1 aliphatic rings. The van der Waals surface area contributed by atoms with E-state index in [-0.39, 0.29) is 6.42 Å². The quantitative estimate of drug-likeness (QED) is 0.464. The molecule has 2 rings (SSSR count). The summed E-state index contributed by atoms with van der Waals surface area (Å²) in [5.41, 5.74) is 0.495. The van der Waals surface area contributed by atoms with Crippen LogP contribution in [0.2, 0.25) is 0 Å². The summed E-state index contributed by atoms with van der Waals surface area (Å²) >= 11 is 0. The molecular formula is C14H14O6. The van der Waals surface area contributed by atoms with E-state index in [1.54, 1.807) is 24.3 Å². The molecule has 1 aromatic rings. The van der Waals surface area contributed by atoms with Crippen LogP contribution in [0.5, 0.6) is 11.5 Å². The third-order valence-corrected chi connectivity index (χ3v) is 2.58. The molecular weight excluding hydrogens is 264 g/mol. The van der Waals surface area contributed by atoms with Crippen molar-refractivity contribution >= 4 is 11.9 Å². The molecule has 0 atom stereocenters. The lowest BCUT2D eigenvalue weighted by Gasteiger charge is -2.23. The van der Waals surface area contributed by atoms with Gasteiger partial charge >= 0.3 is 11.9 Å². The van der Waals surface area contributed by atoms with E-state index in [0.717, 1.165) is 0 Å². The second-order valence-electron chi connectivity index (χ2n) is 4.00. The van der Waals surface area contributed by atoms with Gasteiger partial charge in [0.15, 0.2) is 11.5 Å². The van der Waals surface area contributed by atoms with Crippen molar-refractivity contribution in [2.24, 2.45) is 0 Å². The van der Waals surface area contributed by atoms with E-state index in [1.807, 2.05) is 0 Å². The number of rotatable bonds is 5. The van der Waals surface area contributed by atoms with Crippen molar-refractivity contribution in [3.05, 3.63) is 36.4 Å². The molecule has 0 aromatic heterocycles. The van der Waals surface area contributed by atoms with Crippen molar-refractivity contribution in [1.82, 2.24) is 0 Å². The molecule has 0 unspecified atom stereocenters. The summed E-state index contributed by atoms with van der Waals surface area (Å²) in [4.78, 5) is 22.5. The monoisotopic (exact) mass is 278 g/mol. The summed E-state index contributed by atoms with van der Waals surface area (Å²) in [6, 6.07) is 4.88. The van der Waals surface area contributed by atoms with Crippen LogP contribution in [0.4, 0.5) is 0 Å². The number of cyclic esters (lactones) is 2. The van der Waals surface area contributed by atoms with E-state index in [0.29, 0.717) is 23.7 Å². The van der Waals surface area contributed by atoms with Gasteiger partial charge < -0.3 is 18.9 Å². The van der Waals surface area contributed by atoms with E-state index < -0.39 is 18.2 Å². The van der Waals surface area contributed by atoms with E-state index >= 15 is 0 Å². The normalized spacial score (nSPS) is 15.2. The minimum Gasteiger partial charge on any atom is -0.493 e. The summed E-state index contributed by atoms with van der Waals surface area (Å²) in [5, 5.41) is 0. The Labute approximate surface area is 115 Å². The van der Waals surface area contributed by atoms with Crippen molar-refractivity contribution in [1.29, 1.82) is 0 Å². The van der Waals surface area contributed by atoms with E-state index in [1.165, 1.54) is 7.11 Å². The first-order chi connectivity index (χ1) is 9.63. The Balaban J connectivity index is 2.22. The van der Waals surface area contributed by atoms with Crippen LogP contribution in [-0.4, -0.2) is 25.7 Å². The molecule has 0 aliphatic carbocycles. The van der Waals surface area contributed by atoms with Gasteiger partial charge in [0.25, 0.3) is 6.29 Å². The Morgan fingerprint density at radius 3 is 2.60 bits per heavy atom. The van der Waals surface area contributed by atoms with Crippen LogP contribution in [0.15, 0.2) is 30.9 Å². The van der Waals surface area contributed by atoms with Crippen molar-refractivity contribution in [2.45, 2.75) is 12.7 Å². The Morgan fingerprint density at radius 2 is 2.00 bits per heavy atom. The molecule has 1 heterocycles. The first-order valence-electron chi connectivity index (χ1n) is 5.94. The van der Waals surface area contributed by atoms with E-state index in [9.17, 15) is 9.59 Å². The van der Waals surface area contributed by atoms with Crippen LogP contribution in [0.1, 0.15) is 18.3 Å². The van der Waals surface area contributed by atoms with Gasteiger partial charge in [0, 0.05) is 5.56 Å².